The fourth-order valence-corrected chi connectivity index (χ4v) is 3.60. The minimum Gasteiger partial charge on any atom is -0.462 e. The fourth-order valence-electron chi connectivity index (χ4n) is 3.05. The van der Waals surface area contributed by atoms with Crippen LogP contribution in [0.25, 0.3) is 6.08 Å². The molecule has 0 spiro atoms. The number of carbonyl (C=O) groups is 1. The van der Waals surface area contributed by atoms with Crippen molar-refractivity contribution in [1.82, 2.24) is 0 Å². The average molecular weight is 455 g/mol. The maximum atomic E-state index is 12.1. The van der Waals surface area contributed by atoms with Gasteiger partial charge in [-0.05, 0) is 37.3 Å². The van der Waals surface area contributed by atoms with E-state index >= 15 is 0 Å². The number of ether oxygens (including phenoxy) is 3. The molecule has 0 saturated carbocycles. The van der Waals surface area contributed by atoms with Crippen molar-refractivity contribution < 1.29 is 23.4 Å². The highest BCUT2D eigenvalue weighted by atomic mass is 79.9. The van der Waals surface area contributed by atoms with Crippen LogP contribution in [0.15, 0.2) is 69.6 Å². The van der Waals surface area contributed by atoms with E-state index in [1.54, 1.807) is 12.1 Å². The van der Waals surface area contributed by atoms with Crippen LogP contribution in [0.4, 0.5) is 0 Å². The molecule has 4 rings (SSSR count). The van der Waals surface area contributed by atoms with Crippen molar-refractivity contribution in [2.45, 2.75) is 26.4 Å². The van der Waals surface area contributed by atoms with Gasteiger partial charge in [-0.15, -0.1) is 0 Å². The lowest BCUT2D eigenvalue weighted by Crippen LogP contribution is -2.19. The lowest BCUT2D eigenvalue weighted by atomic mass is 10.1. The van der Waals surface area contributed by atoms with Gasteiger partial charge < -0.3 is 18.6 Å². The molecule has 0 radical (unpaired) electrons. The molecule has 1 aliphatic rings. The van der Waals surface area contributed by atoms with Crippen LogP contribution in [0.3, 0.4) is 0 Å². The highest BCUT2D eigenvalue weighted by molar-refractivity contribution is 9.10. The van der Waals surface area contributed by atoms with E-state index in [2.05, 4.69) is 15.9 Å². The molecular weight excluding hydrogens is 436 g/mol. The Kier molecular flexibility index (Phi) is 5.83. The van der Waals surface area contributed by atoms with E-state index in [-0.39, 0.29) is 6.61 Å². The summed E-state index contributed by atoms with van der Waals surface area (Å²) in [5.41, 5.74) is 2.61. The number of aryl methyl sites for hydroxylation is 1. The summed E-state index contributed by atoms with van der Waals surface area (Å²) in [5.74, 6) is 1.61. The van der Waals surface area contributed by atoms with E-state index < -0.39 is 12.3 Å². The van der Waals surface area contributed by atoms with Gasteiger partial charge in [0.05, 0.1) is 6.61 Å². The molecule has 3 aromatic rings. The van der Waals surface area contributed by atoms with Crippen LogP contribution in [0, 0.1) is 6.92 Å². The normalized spacial score (nSPS) is 15.7. The Labute approximate surface area is 177 Å². The van der Waals surface area contributed by atoms with Crippen molar-refractivity contribution in [3.05, 3.63) is 93.4 Å². The minimum absolute atomic E-state index is 0.0869. The molecule has 2 aromatic carbocycles. The molecule has 0 saturated heterocycles. The van der Waals surface area contributed by atoms with Gasteiger partial charge in [-0.3, -0.25) is 0 Å². The lowest BCUT2D eigenvalue weighted by molar-refractivity contribution is -0.139. The van der Waals surface area contributed by atoms with Gasteiger partial charge in [-0.1, -0.05) is 46.3 Å². The molecule has 1 aromatic heterocycles. The smallest absolute Gasteiger partial charge is 0.331 e. The van der Waals surface area contributed by atoms with Crippen molar-refractivity contribution in [2.24, 2.45) is 0 Å². The molecule has 1 aliphatic heterocycles. The zero-order valence-electron chi connectivity index (χ0n) is 15.8. The molecule has 6 heteroatoms. The molecule has 0 N–H and O–H groups in total. The van der Waals surface area contributed by atoms with E-state index in [0.717, 1.165) is 26.9 Å². The summed E-state index contributed by atoms with van der Waals surface area (Å²) < 4.78 is 23.6. The molecule has 2 heterocycles. The average Bonchev–Trinajstić information content (AvgIpc) is 3.16. The Morgan fingerprint density at radius 3 is 2.79 bits per heavy atom. The fraction of sp³-hybridized carbons (Fsp3) is 0.174. The van der Waals surface area contributed by atoms with Crippen molar-refractivity contribution in [3.8, 4) is 5.75 Å². The molecule has 5 nitrogen and oxygen atoms in total. The summed E-state index contributed by atoms with van der Waals surface area (Å²) in [7, 11) is 0. The van der Waals surface area contributed by atoms with Crippen molar-refractivity contribution in [3.63, 3.8) is 0 Å². The van der Waals surface area contributed by atoms with Gasteiger partial charge in [0.2, 0.25) is 6.29 Å². The number of benzene rings is 2. The summed E-state index contributed by atoms with van der Waals surface area (Å²) >= 11 is 3.49. The Morgan fingerprint density at radius 2 is 2.03 bits per heavy atom. The summed E-state index contributed by atoms with van der Waals surface area (Å²) in [4.78, 5) is 12.1. The van der Waals surface area contributed by atoms with Crippen LogP contribution in [0.2, 0.25) is 0 Å². The van der Waals surface area contributed by atoms with E-state index in [1.807, 2.05) is 55.5 Å². The first-order valence-electron chi connectivity index (χ1n) is 9.14. The zero-order valence-corrected chi connectivity index (χ0v) is 17.3. The number of esters is 1. The van der Waals surface area contributed by atoms with E-state index in [4.69, 9.17) is 18.6 Å². The van der Waals surface area contributed by atoms with Crippen LogP contribution in [0.1, 0.15) is 34.5 Å². The van der Waals surface area contributed by atoms with Gasteiger partial charge in [0.25, 0.3) is 0 Å². The van der Waals surface area contributed by atoms with Crippen molar-refractivity contribution >= 4 is 28.0 Å². The predicted octanol–water partition coefficient (Wildman–Crippen LogP) is 5.71. The van der Waals surface area contributed by atoms with E-state index in [1.165, 1.54) is 6.08 Å². The Balaban J connectivity index is 1.47. The lowest BCUT2D eigenvalue weighted by Gasteiger charge is -2.28. The number of furan rings is 1. The first-order valence-corrected chi connectivity index (χ1v) is 9.93. The van der Waals surface area contributed by atoms with Crippen LogP contribution in [-0.4, -0.2) is 5.97 Å². The molecule has 1 unspecified atom stereocenters. The topological polar surface area (TPSA) is 57.9 Å². The third kappa shape index (κ3) is 4.78. The second-order valence-corrected chi connectivity index (χ2v) is 7.53. The van der Waals surface area contributed by atoms with Crippen molar-refractivity contribution in [2.75, 3.05) is 0 Å². The Morgan fingerprint density at radius 1 is 1.21 bits per heavy atom. The number of hydrogen-bond donors (Lipinski definition) is 0. The predicted molar refractivity (Wildman–Crippen MR) is 111 cm³/mol. The second-order valence-electron chi connectivity index (χ2n) is 6.61. The monoisotopic (exact) mass is 454 g/mol. The largest absolute Gasteiger partial charge is 0.462 e. The van der Waals surface area contributed by atoms with Gasteiger partial charge in [0.15, 0.2) is 0 Å². The maximum Gasteiger partial charge on any atom is 0.331 e. The van der Waals surface area contributed by atoms with Crippen LogP contribution < -0.4 is 4.74 Å². The van der Waals surface area contributed by atoms with Gasteiger partial charge >= 0.3 is 5.97 Å². The Bertz CT molecular complexity index is 1040. The Hall–Kier alpha value is -2.83. The van der Waals surface area contributed by atoms with Crippen LogP contribution in [-0.2, 0) is 27.5 Å². The van der Waals surface area contributed by atoms with Crippen molar-refractivity contribution in [1.29, 1.82) is 0 Å². The maximum absolute atomic E-state index is 12.1. The molecule has 148 valence electrons. The molecule has 0 fully saturated rings. The van der Waals surface area contributed by atoms with Crippen LogP contribution >= 0.6 is 15.9 Å². The third-order valence-electron chi connectivity index (χ3n) is 4.41. The molecule has 0 amide bonds. The van der Waals surface area contributed by atoms with Gasteiger partial charge in [0, 0.05) is 27.2 Å². The number of halogens is 1. The van der Waals surface area contributed by atoms with E-state index in [0.29, 0.717) is 18.1 Å². The van der Waals surface area contributed by atoms with Gasteiger partial charge in [-0.2, -0.15) is 0 Å². The number of fused-ring (bicyclic) bond motifs is 1. The van der Waals surface area contributed by atoms with Crippen LogP contribution in [0.5, 0.6) is 5.75 Å². The molecular formula is C23H19BrO5. The molecule has 1 atom stereocenters. The highest BCUT2D eigenvalue weighted by Crippen LogP contribution is 2.38. The quantitative estimate of drug-likeness (QED) is 0.364. The number of hydrogen-bond acceptors (Lipinski definition) is 5. The first-order chi connectivity index (χ1) is 14.1. The second kappa shape index (κ2) is 8.68. The minimum atomic E-state index is -0.499. The summed E-state index contributed by atoms with van der Waals surface area (Å²) in [6.45, 7) is 2.34. The number of rotatable bonds is 5. The standard InChI is InChI=1S/C23H19BrO5/c1-15-7-8-20(28-15)9-10-21(25)26-13-17-11-19(24)12-18-14-27-23(29-22(17)18)16-5-3-2-4-6-16/h2-12,23H,13-14H2,1H3/b10-9+. The zero-order chi connectivity index (χ0) is 20.2. The summed E-state index contributed by atoms with van der Waals surface area (Å²) in [5, 5.41) is 0. The molecule has 0 bridgehead atoms. The molecule has 29 heavy (non-hydrogen) atoms. The first kappa shape index (κ1) is 19.5. The molecule has 0 aliphatic carbocycles. The SMILES string of the molecule is Cc1ccc(/C=C/C(=O)OCc2cc(Br)cc3c2OC(c2ccccc2)OC3)o1. The highest BCUT2D eigenvalue weighted by Gasteiger charge is 2.25. The number of carbonyl (C=O) groups excluding carboxylic acids is 1. The van der Waals surface area contributed by atoms with Gasteiger partial charge in [-0.25, -0.2) is 4.79 Å². The summed E-state index contributed by atoms with van der Waals surface area (Å²) in [6.07, 6.45) is 2.43. The summed E-state index contributed by atoms with van der Waals surface area (Å²) in [6, 6.07) is 17.2. The van der Waals surface area contributed by atoms with Gasteiger partial charge in [0.1, 0.15) is 23.9 Å². The third-order valence-corrected chi connectivity index (χ3v) is 4.87. The van der Waals surface area contributed by atoms with E-state index in [9.17, 15) is 4.79 Å².